The molecule has 0 aliphatic heterocycles. The second-order valence-corrected chi connectivity index (χ2v) is 9.84. The highest BCUT2D eigenvalue weighted by Gasteiger charge is 2.24. The number of ether oxygens (including phenoxy) is 1. The third-order valence-electron chi connectivity index (χ3n) is 4.18. The summed E-state index contributed by atoms with van der Waals surface area (Å²) >= 11 is 0. The first kappa shape index (κ1) is 26.1. The Morgan fingerprint density at radius 2 is 1.90 bits per heavy atom. The van der Waals surface area contributed by atoms with E-state index in [9.17, 15) is 8.42 Å². The third-order valence-corrected chi connectivity index (χ3v) is 6.04. The van der Waals surface area contributed by atoms with Crippen LogP contribution in [0.2, 0.25) is 0 Å². The fourth-order valence-corrected chi connectivity index (χ4v) is 4.34. The predicted octanol–water partition coefficient (Wildman–Crippen LogP) is 2.86. The molecule has 1 aliphatic carbocycles. The summed E-state index contributed by atoms with van der Waals surface area (Å²) in [5.41, 5.74) is 0.147. The Balaban J connectivity index is 0.00000420. The van der Waals surface area contributed by atoms with Gasteiger partial charge in [-0.3, -0.25) is 4.99 Å². The Hall–Kier alpha value is -0.910. The molecule has 1 fully saturated rings. The van der Waals surface area contributed by atoms with Crippen LogP contribution < -0.4 is 15.4 Å². The summed E-state index contributed by atoms with van der Waals surface area (Å²) in [6.45, 7) is 8.19. The molecule has 0 spiro atoms. The molecule has 0 bridgehead atoms. The maximum Gasteiger partial charge on any atom is 0.241 e. The van der Waals surface area contributed by atoms with Crippen LogP contribution in [0.1, 0.15) is 45.6 Å². The molecule has 0 saturated heterocycles. The molecule has 0 aromatic heterocycles. The summed E-state index contributed by atoms with van der Waals surface area (Å²) in [6.07, 6.45) is 3.50. The number of halogens is 1. The number of nitrogens with zero attached hydrogens (tertiary/aromatic N) is 1. The van der Waals surface area contributed by atoms with Gasteiger partial charge in [-0.2, -0.15) is 0 Å². The highest BCUT2D eigenvalue weighted by molar-refractivity contribution is 14.0. The molecule has 29 heavy (non-hydrogen) atoms. The van der Waals surface area contributed by atoms with Crippen LogP contribution >= 0.6 is 24.0 Å². The van der Waals surface area contributed by atoms with Crippen molar-refractivity contribution in [3.63, 3.8) is 0 Å². The number of aliphatic imine (C=N–C) groups is 1. The monoisotopic (exact) mass is 538 g/mol. The first-order valence-corrected chi connectivity index (χ1v) is 11.3. The lowest BCUT2D eigenvalue weighted by molar-refractivity contribution is 0.123. The maximum atomic E-state index is 12.7. The minimum atomic E-state index is -3.60. The summed E-state index contributed by atoms with van der Waals surface area (Å²) in [4.78, 5) is 4.48. The lowest BCUT2D eigenvalue weighted by atomic mass is 10.1. The van der Waals surface area contributed by atoms with Crippen LogP contribution in [0.15, 0.2) is 34.2 Å². The van der Waals surface area contributed by atoms with Gasteiger partial charge in [0, 0.05) is 38.9 Å². The zero-order valence-electron chi connectivity index (χ0n) is 17.8. The summed E-state index contributed by atoms with van der Waals surface area (Å²) < 4.78 is 33.7. The minimum Gasteiger partial charge on any atom is -0.381 e. The van der Waals surface area contributed by atoms with E-state index in [4.69, 9.17) is 4.74 Å². The highest BCUT2D eigenvalue weighted by atomic mass is 127. The van der Waals surface area contributed by atoms with Crippen molar-refractivity contribution >= 4 is 40.0 Å². The quantitative estimate of drug-likeness (QED) is 0.185. The van der Waals surface area contributed by atoms with Crippen molar-refractivity contribution in [2.45, 2.75) is 57.0 Å². The predicted molar refractivity (Wildman–Crippen MR) is 128 cm³/mol. The van der Waals surface area contributed by atoms with Gasteiger partial charge in [-0.1, -0.05) is 18.2 Å². The molecular weight excluding hydrogens is 503 g/mol. The van der Waals surface area contributed by atoms with Crippen molar-refractivity contribution in [3.8, 4) is 0 Å². The average Bonchev–Trinajstić information content (AvgIpc) is 3.43. The zero-order valence-corrected chi connectivity index (χ0v) is 21.0. The maximum absolute atomic E-state index is 12.7. The van der Waals surface area contributed by atoms with E-state index in [1.54, 1.807) is 19.2 Å². The number of hydrogen-bond acceptors (Lipinski definition) is 4. The summed E-state index contributed by atoms with van der Waals surface area (Å²) in [6, 6.07) is 7.00. The van der Waals surface area contributed by atoms with Crippen LogP contribution in [-0.4, -0.2) is 46.7 Å². The van der Waals surface area contributed by atoms with E-state index in [1.165, 1.54) is 12.8 Å². The highest BCUT2D eigenvalue weighted by Crippen LogP contribution is 2.28. The van der Waals surface area contributed by atoms with Crippen LogP contribution in [0, 0.1) is 5.92 Å². The Labute approximate surface area is 192 Å². The fourth-order valence-electron chi connectivity index (χ4n) is 2.69. The zero-order chi connectivity index (χ0) is 20.6. The van der Waals surface area contributed by atoms with Crippen molar-refractivity contribution in [2.75, 3.05) is 26.8 Å². The SMILES string of the molecule is CN=C(NCCCOCC1CC1)NCc1ccccc1S(=O)(=O)NC(C)(C)C.I. The van der Waals surface area contributed by atoms with Gasteiger partial charge in [-0.25, -0.2) is 13.1 Å². The molecule has 1 saturated carbocycles. The molecule has 0 atom stereocenters. The molecule has 0 amide bonds. The fraction of sp³-hybridized carbons (Fsp3) is 0.650. The molecule has 7 nitrogen and oxygen atoms in total. The van der Waals surface area contributed by atoms with E-state index in [1.807, 2.05) is 32.9 Å². The van der Waals surface area contributed by atoms with E-state index in [-0.39, 0.29) is 28.9 Å². The van der Waals surface area contributed by atoms with Gasteiger partial charge in [0.25, 0.3) is 0 Å². The van der Waals surface area contributed by atoms with E-state index in [0.717, 1.165) is 32.1 Å². The van der Waals surface area contributed by atoms with Crippen molar-refractivity contribution in [1.82, 2.24) is 15.4 Å². The molecule has 1 aliphatic rings. The van der Waals surface area contributed by atoms with Gasteiger partial charge in [0.15, 0.2) is 5.96 Å². The van der Waals surface area contributed by atoms with E-state index >= 15 is 0 Å². The molecule has 0 radical (unpaired) electrons. The molecule has 2 rings (SSSR count). The van der Waals surface area contributed by atoms with Gasteiger partial charge in [-0.05, 0) is 57.6 Å². The average molecular weight is 538 g/mol. The van der Waals surface area contributed by atoms with Crippen LogP contribution in [0.3, 0.4) is 0 Å². The van der Waals surface area contributed by atoms with E-state index in [0.29, 0.717) is 18.1 Å². The number of rotatable bonds is 10. The summed E-state index contributed by atoms with van der Waals surface area (Å²) in [7, 11) is -1.90. The number of guanidine groups is 1. The van der Waals surface area contributed by atoms with Crippen molar-refractivity contribution in [2.24, 2.45) is 10.9 Å². The van der Waals surface area contributed by atoms with Crippen LogP contribution in [0.4, 0.5) is 0 Å². The first-order chi connectivity index (χ1) is 13.2. The molecule has 1 aromatic rings. The van der Waals surface area contributed by atoms with Gasteiger partial charge >= 0.3 is 0 Å². The summed E-state index contributed by atoms with van der Waals surface area (Å²) in [5.74, 6) is 1.42. The van der Waals surface area contributed by atoms with Gasteiger partial charge in [0.1, 0.15) is 0 Å². The molecule has 0 unspecified atom stereocenters. The molecule has 0 heterocycles. The molecule has 1 aromatic carbocycles. The first-order valence-electron chi connectivity index (χ1n) is 9.85. The molecule has 3 N–H and O–H groups in total. The molecule has 166 valence electrons. The van der Waals surface area contributed by atoms with Gasteiger partial charge in [0.2, 0.25) is 10.0 Å². The lowest BCUT2D eigenvalue weighted by Crippen LogP contribution is -2.41. The number of hydrogen-bond donors (Lipinski definition) is 3. The van der Waals surface area contributed by atoms with E-state index < -0.39 is 15.6 Å². The Kier molecular flexibility index (Phi) is 10.9. The van der Waals surface area contributed by atoms with Gasteiger partial charge in [-0.15, -0.1) is 24.0 Å². The standard InChI is InChI=1S/C20H34N4O3S.HI/c1-20(2,3)24-28(25,26)18-9-6-5-8-17(18)14-23-19(21-4)22-12-7-13-27-15-16-10-11-16;/h5-6,8-9,16,24H,7,10-15H2,1-4H3,(H2,21,22,23);1H. The van der Waals surface area contributed by atoms with Crippen LogP contribution in [0.25, 0.3) is 0 Å². The Morgan fingerprint density at radius 3 is 2.52 bits per heavy atom. The minimum absolute atomic E-state index is 0. The summed E-state index contributed by atoms with van der Waals surface area (Å²) in [5, 5.41) is 6.42. The Morgan fingerprint density at radius 1 is 1.21 bits per heavy atom. The second kappa shape index (κ2) is 12.1. The van der Waals surface area contributed by atoms with Crippen molar-refractivity contribution < 1.29 is 13.2 Å². The number of sulfonamides is 1. The van der Waals surface area contributed by atoms with Crippen molar-refractivity contribution in [3.05, 3.63) is 29.8 Å². The van der Waals surface area contributed by atoms with Gasteiger partial charge < -0.3 is 15.4 Å². The van der Waals surface area contributed by atoms with E-state index in [2.05, 4.69) is 20.3 Å². The van der Waals surface area contributed by atoms with Crippen LogP contribution in [-0.2, 0) is 21.3 Å². The molecule has 9 heteroatoms. The topological polar surface area (TPSA) is 91.8 Å². The molecular formula is C20H35IN4O3S. The second-order valence-electron chi connectivity index (χ2n) is 8.19. The largest absolute Gasteiger partial charge is 0.381 e. The number of nitrogens with one attached hydrogen (secondary N) is 3. The van der Waals surface area contributed by atoms with Crippen molar-refractivity contribution in [1.29, 1.82) is 0 Å². The smallest absolute Gasteiger partial charge is 0.241 e. The van der Waals surface area contributed by atoms with Gasteiger partial charge in [0.05, 0.1) is 4.90 Å². The third kappa shape index (κ3) is 10.1. The lowest BCUT2D eigenvalue weighted by Gasteiger charge is -2.22. The number of benzene rings is 1. The normalized spacial score (nSPS) is 15.0. The van der Waals surface area contributed by atoms with Crippen LogP contribution in [0.5, 0.6) is 0 Å². The Bertz CT molecular complexity index is 759.